The molecule has 33 heavy (non-hydrogen) atoms. The summed E-state index contributed by atoms with van der Waals surface area (Å²) in [6, 6.07) is 3.86. The van der Waals surface area contributed by atoms with Crippen molar-refractivity contribution in [3.63, 3.8) is 0 Å². The molecule has 3 aromatic rings. The van der Waals surface area contributed by atoms with Crippen molar-refractivity contribution in [3.05, 3.63) is 40.9 Å². The highest BCUT2D eigenvalue weighted by atomic mass is 79.9. The first-order valence-corrected chi connectivity index (χ1v) is 11.4. The Morgan fingerprint density at radius 2 is 2.03 bits per heavy atom. The van der Waals surface area contributed by atoms with E-state index in [0.717, 1.165) is 0 Å². The minimum Gasteiger partial charge on any atom is -0.507 e. The lowest BCUT2D eigenvalue weighted by Crippen LogP contribution is -2.37. The highest BCUT2D eigenvalue weighted by molar-refractivity contribution is 9.10. The minimum absolute atomic E-state index is 0.102. The summed E-state index contributed by atoms with van der Waals surface area (Å²) in [6.07, 6.45) is -3.01. The van der Waals surface area contributed by atoms with E-state index in [4.69, 9.17) is 14.7 Å². The molecule has 1 aliphatic rings. The number of imidazole rings is 1. The first-order chi connectivity index (χ1) is 15.6. The number of halogens is 1. The van der Waals surface area contributed by atoms with Gasteiger partial charge in [-0.15, -0.1) is 0 Å². The molecule has 2 aromatic heterocycles. The van der Waals surface area contributed by atoms with Crippen LogP contribution in [0.3, 0.4) is 0 Å². The van der Waals surface area contributed by atoms with E-state index in [9.17, 15) is 28.5 Å². The lowest BCUT2D eigenvalue weighted by Gasteiger charge is -2.16. The van der Waals surface area contributed by atoms with Crippen LogP contribution in [-0.2, 0) is 19.2 Å². The van der Waals surface area contributed by atoms with Crippen LogP contribution in [0.2, 0.25) is 0 Å². The summed E-state index contributed by atoms with van der Waals surface area (Å²) < 4.78 is 38.1. The zero-order valence-corrected chi connectivity index (χ0v) is 18.8. The molecule has 6 N–H and O–H groups in total. The summed E-state index contributed by atoms with van der Waals surface area (Å²) >= 11 is 3.10. The van der Waals surface area contributed by atoms with E-state index in [1.807, 2.05) is 0 Å². The first kappa shape index (κ1) is 23.3. The Kier molecular flexibility index (Phi) is 6.21. The van der Waals surface area contributed by atoms with E-state index in [1.165, 1.54) is 35.4 Å². The van der Waals surface area contributed by atoms with Gasteiger partial charge in [-0.1, -0.05) is 15.9 Å². The highest BCUT2D eigenvalue weighted by Gasteiger charge is 2.45. The Morgan fingerprint density at radius 3 is 2.76 bits per heavy atom. The van der Waals surface area contributed by atoms with Crippen molar-refractivity contribution in [2.24, 2.45) is 0 Å². The van der Waals surface area contributed by atoms with Crippen LogP contribution in [0.15, 0.2) is 35.3 Å². The molecule has 4 atom stereocenters. The van der Waals surface area contributed by atoms with Crippen LogP contribution in [0.25, 0.3) is 11.2 Å². The Morgan fingerprint density at radius 1 is 1.27 bits per heavy atom. The first-order valence-electron chi connectivity index (χ1n) is 9.22. The number of aromatic hydroxyl groups is 1. The molecule has 176 valence electrons. The molecule has 1 aromatic carbocycles. The molecule has 0 spiro atoms. The quantitative estimate of drug-likeness (QED) is 0.257. The maximum Gasteiger partial charge on any atom is 0.362 e. The normalized spacial score (nSPS) is 23.1. The summed E-state index contributed by atoms with van der Waals surface area (Å²) in [5.41, 5.74) is 5.92. The smallest absolute Gasteiger partial charge is 0.362 e. The number of phenolic OH excluding ortho intramolecular Hbond substituents is 1. The van der Waals surface area contributed by atoms with Crippen LogP contribution in [0.4, 0.5) is 5.82 Å². The zero-order chi connectivity index (χ0) is 23.9. The molecule has 3 heterocycles. The van der Waals surface area contributed by atoms with E-state index >= 15 is 0 Å². The maximum absolute atomic E-state index is 12.2. The average Bonchev–Trinajstić information content (AvgIpc) is 3.29. The van der Waals surface area contributed by atoms with Crippen LogP contribution < -0.4 is 10.5 Å². The second-order valence-corrected chi connectivity index (χ2v) is 9.22. The number of benzene rings is 1. The predicted octanol–water partition coefficient (Wildman–Crippen LogP) is -0.813. The lowest BCUT2D eigenvalue weighted by molar-refractivity contribution is -0.0468. The van der Waals surface area contributed by atoms with Gasteiger partial charge in [0.15, 0.2) is 17.7 Å². The molecule has 0 radical (unpaired) electrons. The van der Waals surface area contributed by atoms with Crippen LogP contribution in [-0.4, -0.2) is 74.1 Å². The number of nitrogens with zero attached hydrogens (tertiary/aromatic N) is 4. The molecular weight excluding hydrogens is 528 g/mol. The fourth-order valence-electron chi connectivity index (χ4n) is 3.20. The molecule has 1 amide bonds. The highest BCUT2D eigenvalue weighted by Crippen LogP contribution is 2.32. The maximum atomic E-state index is 12.2. The van der Waals surface area contributed by atoms with E-state index in [0.29, 0.717) is 4.47 Å². The monoisotopic (exact) mass is 544 g/mol. The summed E-state index contributed by atoms with van der Waals surface area (Å²) in [5.74, 6) is -1.48. The fraction of sp³-hybridized carbons (Fsp3) is 0.294. The Bertz CT molecular complexity index is 1320. The number of nitrogens with two attached hydrogens (primary N) is 1. The number of fused-ring (bicyclic) bond motifs is 1. The van der Waals surface area contributed by atoms with Crippen molar-refractivity contribution in [2.75, 3.05) is 12.3 Å². The van der Waals surface area contributed by atoms with Gasteiger partial charge < -0.3 is 25.8 Å². The molecule has 0 aliphatic carbocycles. The molecule has 16 heteroatoms. The lowest BCUT2D eigenvalue weighted by atomic mass is 10.1. The number of hydrogen-bond donors (Lipinski definition) is 5. The molecule has 0 saturated carbocycles. The van der Waals surface area contributed by atoms with Crippen molar-refractivity contribution in [2.45, 2.75) is 24.5 Å². The number of ether oxygens (including phenoxy) is 1. The molecule has 1 saturated heterocycles. The number of hydrogen-bond acceptors (Lipinski definition) is 12. The second-order valence-electron chi connectivity index (χ2n) is 6.96. The van der Waals surface area contributed by atoms with Crippen molar-refractivity contribution in [1.29, 1.82) is 0 Å². The largest absolute Gasteiger partial charge is 0.507 e. The molecule has 14 nitrogen and oxygen atoms in total. The van der Waals surface area contributed by atoms with E-state index < -0.39 is 53.1 Å². The molecular formula is C17H17BrN6O8S. The molecule has 1 fully saturated rings. The van der Waals surface area contributed by atoms with E-state index in [1.54, 1.807) is 4.72 Å². The van der Waals surface area contributed by atoms with Gasteiger partial charge in [0, 0.05) is 4.47 Å². The number of amides is 1. The van der Waals surface area contributed by atoms with Crippen molar-refractivity contribution in [1.82, 2.24) is 24.2 Å². The fourth-order valence-corrected chi connectivity index (χ4v) is 4.26. The third-order valence-corrected chi connectivity index (χ3v) is 6.18. The summed E-state index contributed by atoms with van der Waals surface area (Å²) in [4.78, 5) is 24.1. The molecule has 1 aliphatic heterocycles. The predicted molar refractivity (Wildman–Crippen MR) is 114 cm³/mol. The van der Waals surface area contributed by atoms with Gasteiger partial charge in [-0.25, -0.2) is 19.7 Å². The number of carbonyl (C=O) groups is 1. The van der Waals surface area contributed by atoms with Crippen LogP contribution >= 0.6 is 15.9 Å². The minimum atomic E-state index is -4.65. The number of rotatable bonds is 6. The molecule has 4 rings (SSSR count). The van der Waals surface area contributed by atoms with Crippen LogP contribution in [0.1, 0.15) is 16.6 Å². The van der Waals surface area contributed by atoms with Crippen molar-refractivity contribution < 1.29 is 37.5 Å². The van der Waals surface area contributed by atoms with Crippen LogP contribution in [0, 0.1) is 0 Å². The Hall–Kier alpha value is -2.89. The Labute approximate surface area is 194 Å². The zero-order valence-electron chi connectivity index (χ0n) is 16.4. The van der Waals surface area contributed by atoms with Crippen molar-refractivity contribution >= 4 is 49.1 Å². The van der Waals surface area contributed by atoms with E-state index in [-0.39, 0.29) is 22.5 Å². The number of carbonyl (C=O) groups excluding carboxylic acids is 1. The van der Waals surface area contributed by atoms with Gasteiger partial charge >= 0.3 is 10.3 Å². The van der Waals surface area contributed by atoms with Crippen LogP contribution in [0.5, 0.6) is 5.75 Å². The average molecular weight is 545 g/mol. The number of aliphatic hydroxyl groups is 2. The van der Waals surface area contributed by atoms with Gasteiger partial charge in [-0.05, 0) is 18.2 Å². The number of nitrogen functional groups attached to an aromatic ring is 1. The standard InChI is InChI=1S/C17H17BrN6O8S/c18-7-1-2-8(9(25)3-7)16(28)23-33(29,30)31-4-10-12(26)13(27)17(32-10)24-6-22-11-14(19)20-5-21-15(11)24/h1-3,5-6,10,12-13,17,25-27H,4H2,(H,23,28)(H2,19,20,21)/t10-,12-,13-,17-/m1/s1. The summed E-state index contributed by atoms with van der Waals surface area (Å²) in [5, 5.41) is 30.5. The third-order valence-electron chi connectivity index (χ3n) is 4.81. The Balaban J connectivity index is 1.43. The van der Waals surface area contributed by atoms with Gasteiger partial charge in [-0.3, -0.25) is 13.5 Å². The number of aliphatic hydroxyl groups excluding tert-OH is 2. The van der Waals surface area contributed by atoms with Crippen molar-refractivity contribution in [3.8, 4) is 5.75 Å². The number of nitrogens with one attached hydrogen (secondary N) is 1. The number of anilines is 1. The SMILES string of the molecule is Nc1ncnc2c1ncn2[C@@H]1O[C@H](COS(=O)(=O)NC(=O)c2ccc(Br)cc2O)[C@@H](O)[C@H]1O. The van der Waals surface area contributed by atoms with Gasteiger partial charge in [0.1, 0.15) is 35.9 Å². The van der Waals surface area contributed by atoms with Gasteiger partial charge in [0.25, 0.3) is 5.91 Å². The molecule has 0 bridgehead atoms. The third kappa shape index (κ3) is 4.61. The number of phenols is 1. The second kappa shape index (κ2) is 8.81. The topological polar surface area (TPSA) is 212 Å². The van der Waals surface area contributed by atoms with Gasteiger partial charge in [0.05, 0.1) is 18.5 Å². The molecule has 0 unspecified atom stereocenters. The number of aromatic nitrogens is 4. The summed E-state index contributed by atoms with van der Waals surface area (Å²) in [7, 11) is -4.65. The van der Waals surface area contributed by atoms with Gasteiger partial charge in [-0.2, -0.15) is 8.42 Å². The van der Waals surface area contributed by atoms with E-state index in [2.05, 4.69) is 30.9 Å². The van der Waals surface area contributed by atoms with Gasteiger partial charge in [0.2, 0.25) is 0 Å². The summed E-state index contributed by atoms with van der Waals surface area (Å²) in [6.45, 7) is -0.729.